The molecule has 72 valence electrons. The Labute approximate surface area is 84.6 Å². The van der Waals surface area contributed by atoms with Gasteiger partial charge in [0.1, 0.15) is 6.17 Å². The minimum atomic E-state index is -1.28. The Bertz CT molecular complexity index is 267. The highest BCUT2D eigenvalue weighted by Crippen LogP contribution is 2.07. The van der Waals surface area contributed by atoms with Gasteiger partial charge in [-0.1, -0.05) is 22.5 Å². The first-order chi connectivity index (χ1) is 5.93. The number of allylic oxidation sites excluding steroid dienone is 3. The summed E-state index contributed by atoms with van der Waals surface area (Å²) in [4.78, 5) is 10.5. The Morgan fingerprint density at radius 3 is 2.46 bits per heavy atom. The van der Waals surface area contributed by atoms with E-state index < -0.39 is 12.1 Å². The zero-order chi connectivity index (χ0) is 10.4. The number of halogens is 2. The fourth-order valence-electron chi connectivity index (χ4n) is 0.626. The number of carboxylic acids is 1. The van der Waals surface area contributed by atoms with Crippen LogP contribution in [0.25, 0.3) is 0 Å². The van der Waals surface area contributed by atoms with Crippen molar-refractivity contribution in [3.8, 4) is 0 Å². The van der Waals surface area contributed by atoms with Gasteiger partial charge < -0.3 is 5.11 Å². The third kappa shape index (κ3) is 6.28. The van der Waals surface area contributed by atoms with Gasteiger partial charge in [-0.3, -0.25) is 0 Å². The van der Waals surface area contributed by atoms with Crippen molar-refractivity contribution in [1.29, 1.82) is 0 Å². The van der Waals surface area contributed by atoms with Crippen LogP contribution in [0, 0.1) is 0 Å². The first kappa shape index (κ1) is 12.1. The van der Waals surface area contributed by atoms with Crippen LogP contribution in [0.4, 0.5) is 4.39 Å². The zero-order valence-electron chi connectivity index (χ0n) is 7.13. The minimum absolute atomic E-state index is 0.0874. The lowest BCUT2D eigenvalue weighted by atomic mass is 10.2. The second-order valence-corrected chi connectivity index (χ2v) is 3.40. The van der Waals surface area contributed by atoms with Crippen molar-refractivity contribution in [3.05, 3.63) is 34.9 Å². The van der Waals surface area contributed by atoms with Gasteiger partial charge in [-0.2, -0.15) is 0 Å². The van der Waals surface area contributed by atoms with E-state index in [0.29, 0.717) is 4.48 Å². The first-order valence-corrected chi connectivity index (χ1v) is 4.34. The Kier molecular flexibility index (Phi) is 5.30. The van der Waals surface area contributed by atoms with Crippen molar-refractivity contribution in [2.75, 3.05) is 0 Å². The molecule has 0 bridgehead atoms. The number of rotatable bonds is 4. The summed E-state index contributed by atoms with van der Waals surface area (Å²) < 4.78 is 13.0. The predicted molar refractivity (Wildman–Crippen MR) is 53.5 cm³/mol. The third-order valence-electron chi connectivity index (χ3n) is 1.10. The van der Waals surface area contributed by atoms with Crippen LogP contribution in [-0.2, 0) is 4.79 Å². The highest BCUT2D eigenvalue weighted by Gasteiger charge is 2.04. The molecular weight excluding hydrogens is 239 g/mol. The van der Waals surface area contributed by atoms with Gasteiger partial charge in [0, 0.05) is 4.48 Å². The molecule has 1 atom stereocenters. The number of carboxylic acid groups (broad SMARTS) is 1. The van der Waals surface area contributed by atoms with Crippen LogP contribution in [-0.4, -0.2) is 17.2 Å². The minimum Gasteiger partial charge on any atom is -0.478 e. The Balaban J connectivity index is 4.64. The van der Waals surface area contributed by atoms with Gasteiger partial charge >= 0.3 is 5.97 Å². The summed E-state index contributed by atoms with van der Waals surface area (Å²) in [7, 11) is 0. The summed E-state index contributed by atoms with van der Waals surface area (Å²) in [6.45, 7) is 4.75. The van der Waals surface area contributed by atoms with E-state index in [-0.39, 0.29) is 5.57 Å². The Morgan fingerprint density at radius 2 is 2.15 bits per heavy atom. The summed E-state index contributed by atoms with van der Waals surface area (Å²) in [6.07, 6.45) is 2.48. The largest absolute Gasteiger partial charge is 0.478 e. The second kappa shape index (κ2) is 5.70. The molecule has 4 heteroatoms. The van der Waals surface area contributed by atoms with Gasteiger partial charge in [0.05, 0.1) is 5.57 Å². The van der Waals surface area contributed by atoms with E-state index in [2.05, 4.69) is 22.5 Å². The van der Waals surface area contributed by atoms with Crippen molar-refractivity contribution in [2.45, 2.75) is 13.1 Å². The number of hydrogen-bond donors (Lipinski definition) is 1. The maximum absolute atomic E-state index is 12.4. The monoisotopic (exact) mass is 248 g/mol. The molecule has 0 fully saturated rings. The average Bonchev–Trinajstić information content (AvgIpc) is 1.96. The molecule has 0 saturated heterocycles. The topological polar surface area (TPSA) is 37.3 Å². The van der Waals surface area contributed by atoms with Crippen LogP contribution >= 0.6 is 15.9 Å². The van der Waals surface area contributed by atoms with Gasteiger partial charge in [-0.05, 0) is 25.2 Å². The maximum Gasteiger partial charge on any atom is 0.335 e. The molecule has 0 aromatic heterocycles. The molecular formula is C9H10BrFO2. The summed E-state index contributed by atoms with van der Waals surface area (Å²) in [5.74, 6) is -1.16. The number of aliphatic carboxylic acids is 1. The molecule has 0 spiro atoms. The van der Waals surface area contributed by atoms with Crippen LogP contribution in [0.2, 0.25) is 0 Å². The van der Waals surface area contributed by atoms with Crippen molar-refractivity contribution in [1.82, 2.24) is 0 Å². The summed E-state index contributed by atoms with van der Waals surface area (Å²) in [5, 5.41) is 8.60. The highest BCUT2D eigenvalue weighted by molar-refractivity contribution is 9.11. The van der Waals surface area contributed by atoms with Crippen LogP contribution in [0.1, 0.15) is 6.92 Å². The number of alkyl halides is 1. The van der Waals surface area contributed by atoms with Gasteiger partial charge in [0.15, 0.2) is 0 Å². The molecule has 0 aromatic carbocycles. The van der Waals surface area contributed by atoms with E-state index in [0.717, 1.165) is 6.08 Å². The molecule has 0 amide bonds. The van der Waals surface area contributed by atoms with Crippen LogP contribution in [0.15, 0.2) is 34.9 Å². The molecule has 2 nitrogen and oxygen atoms in total. The lowest BCUT2D eigenvalue weighted by molar-refractivity contribution is -0.132. The molecule has 13 heavy (non-hydrogen) atoms. The summed E-state index contributed by atoms with van der Waals surface area (Å²) in [5.41, 5.74) is -0.0874. The van der Waals surface area contributed by atoms with Gasteiger partial charge in [-0.25, -0.2) is 9.18 Å². The fraction of sp³-hybridized carbons (Fsp3) is 0.222. The zero-order valence-corrected chi connectivity index (χ0v) is 8.71. The molecule has 1 unspecified atom stereocenters. The van der Waals surface area contributed by atoms with Gasteiger partial charge in [0.2, 0.25) is 0 Å². The molecule has 0 aliphatic carbocycles. The molecule has 0 aromatic rings. The van der Waals surface area contributed by atoms with Crippen LogP contribution < -0.4 is 0 Å². The number of carbonyl (C=O) groups is 1. The fourth-order valence-corrected chi connectivity index (χ4v) is 0.758. The quantitative estimate of drug-likeness (QED) is 0.614. The third-order valence-corrected chi connectivity index (χ3v) is 1.36. The predicted octanol–water partition coefficient (Wildman–Crippen LogP) is 2.82. The molecule has 0 aliphatic rings. The van der Waals surface area contributed by atoms with E-state index in [1.807, 2.05) is 0 Å². The van der Waals surface area contributed by atoms with Gasteiger partial charge in [0.25, 0.3) is 0 Å². The number of hydrogen-bond acceptors (Lipinski definition) is 1. The normalized spacial score (nSPS) is 14.5. The van der Waals surface area contributed by atoms with Crippen molar-refractivity contribution in [3.63, 3.8) is 0 Å². The van der Waals surface area contributed by atoms with Crippen molar-refractivity contribution < 1.29 is 14.3 Å². The maximum atomic E-state index is 12.4. The summed E-state index contributed by atoms with van der Waals surface area (Å²) >= 11 is 3.02. The Morgan fingerprint density at radius 1 is 1.62 bits per heavy atom. The van der Waals surface area contributed by atoms with Crippen molar-refractivity contribution in [2.24, 2.45) is 0 Å². The molecule has 1 N–H and O–H groups in total. The standard InChI is InChI=1S/C9H10BrFO2/c1-6(10)3-4-8(9(12)13)5-7(2)11/h3-5,7H,1H2,2H3,(H,12,13)/b4-3-,8-5+. The Hall–Kier alpha value is -0.900. The smallest absolute Gasteiger partial charge is 0.335 e. The van der Waals surface area contributed by atoms with E-state index in [1.54, 1.807) is 0 Å². The molecule has 0 saturated carbocycles. The lowest BCUT2D eigenvalue weighted by Crippen LogP contribution is -2.00. The van der Waals surface area contributed by atoms with E-state index in [1.165, 1.54) is 19.1 Å². The molecule has 0 aliphatic heterocycles. The molecule has 0 heterocycles. The lowest BCUT2D eigenvalue weighted by Gasteiger charge is -1.96. The van der Waals surface area contributed by atoms with E-state index in [4.69, 9.17) is 5.11 Å². The van der Waals surface area contributed by atoms with Crippen LogP contribution in [0.3, 0.4) is 0 Å². The first-order valence-electron chi connectivity index (χ1n) is 3.55. The SMILES string of the molecule is C=C(Br)/C=C\C(=C/C(C)F)C(=O)O. The van der Waals surface area contributed by atoms with E-state index in [9.17, 15) is 9.18 Å². The van der Waals surface area contributed by atoms with E-state index >= 15 is 0 Å². The molecule has 0 rings (SSSR count). The highest BCUT2D eigenvalue weighted by atomic mass is 79.9. The van der Waals surface area contributed by atoms with Crippen molar-refractivity contribution >= 4 is 21.9 Å². The molecule has 0 radical (unpaired) electrons. The average molecular weight is 249 g/mol. The second-order valence-electron chi connectivity index (χ2n) is 2.38. The van der Waals surface area contributed by atoms with Crippen LogP contribution in [0.5, 0.6) is 0 Å². The summed E-state index contributed by atoms with van der Waals surface area (Å²) in [6, 6.07) is 0. The van der Waals surface area contributed by atoms with Gasteiger partial charge in [-0.15, -0.1) is 0 Å².